The highest BCUT2D eigenvalue weighted by Crippen LogP contribution is 2.32. The molecule has 5 aromatic rings. The molecule has 8 rings (SSSR count). The number of hydrogen-bond donors (Lipinski definition) is 17. The topological polar surface area (TPSA) is 493 Å². The maximum absolute atomic E-state index is 15.2. The SMILES string of the molecule is CC(=O)N[C@H]1CSCc2cccc(c2)CSC[C@H](C(N)=O)NC(=O)[C@H]([C@@H](C)O)NC(=O)[C@](C)(C(C)C)NC(=O)[C@H](Cc2ccc(O)cc2)NC(=O)[C@H](C)NC(=O)C2(CCCC2)NC(=O)[C@H](Cc2c[nH]c3ncccc23)NC(=O)[C@H]([C@@H](C)O)NC(=O)[C@@H]2CCCN2C(=O)[C@H](Cc2ccc(O)cc2)NC(=O)[C@H](C(C)(C)C)NC1=O. The minimum atomic E-state index is -1.90. The summed E-state index contributed by atoms with van der Waals surface area (Å²) in [5, 5.41) is 73.2. The van der Waals surface area contributed by atoms with Crippen molar-refractivity contribution in [3.8, 4) is 11.5 Å². The fourth-order valence-electron chi connectivity index (χ4n) is 13.5. The molecule has 112 heavy (non-hydrogen) atoms. The van der Waals surface area contributed by atoms with Crippen LogP contribution in [0.3, 0.4) is 0 Å². The molecule has 13 atom stereocenters. The van der Waals surface area contributed by atoms with Gasteiger partial charge in [0.1, 0.15) is 88.6 Å². The summed E-state index contributed by atoms with van der Waals surface area (Å²) in [7, 11) is 0. The predicted molar refractivity (Wildman–Crippen MR) is 418 cm³/mol. The molecule has 34 heteroatoms. The van der Waals surface area contributed by atoms with Gasteiger partial charge in [0.05, 0.1) is 12.2 Å². The fourth-order valence-corrected chi connectivity index (χ4v) is 15.6. The Labute approximate surface area is 658 Å². The molecule has 3 aliphatic rings. The molecular weight excluding hydrogens is 1480 g/mol. The summed E-state index contributed by atoms with van der Waals surface area (Å²) in [6.07, 6.45) is 0.468. The number of pyridine rings is 1. The normalized spacial score (nSPS) is 26.0. The second kappa shape index (κ2) is 38.7. The molecule has 32 nitrogen and oxygen atoms in total. The lowest BCUT2D eigenvalue weighted by Crippen LogP contribution is -2.67. The van der Waals surface area contributed by atoms with Crippen LogP contribution in [0, 0.1) is 11.3 Å². The number of hydrogen-bond acceptors (Lipinski definition) is 20. The van der Waals surface area contributed by atoms with E-state index in [4.69, 9.17) is 5.73 Å². The third-order valence-electron chi connectivity index (χ3n) is 20.4. The minimum absolute atomic E-state index is 0.00753. The highest BCUT2D eigenvalue weighted by atomic mass is 32.2. The van der Waals surface area contributed by atoms with E-state index >= 15 is 9.59 Å². The number of H-pyrrole nitrogens is 1. The van der Waals surface area contributed by atoms with E-state index in [9.17, 15) is 73.2 Å². The Balaban J connectivity index is 1.13. The van der Waals surface area contributed by atoms with Gasteiger partial charge in [0.2, 0.25) is 76.8 Å². The molecule has 1 spiro atoms. The monoisotopic (exact) mass is 1590 g/mol. The van der Waals surface area contributed by atoms with E-state index in [0.717, 1.165) is 11.1 Å². The molecule has 2 bridgehead atoms. The zero-order chi connectivity index (χ0) is 82.1. The number of rotatable bonds is 11. The maximum atomic E-state index is 15.2. The first kappa shape index (κ1) is 87.3. The summed E-state index contributed by atoms with van der Waals surface area (Å²) >= 11 is 2.52. The largest absolute Gasteiger partial charge is 0.508 e. The number of benzene rings is 3. The van der Waals surface area contributed by atoms with Gasteiger partial charge in [-0.15, -0.1) is 0 Å². The van der Waals surface area contributed by atoms with Gasteiger partial charge in [-0.25, -0.2) is 4.98 Å². The maximum Gasteiger partial charge on any atom is 0.246 e. The fraction of sp³-hybridized carbons (Fsp3) is 0.513. The number of aliphatic hydroxyl groups is 2. The van der Waals surface area contributed by atoms with Gasteiger partial charge < -0.3 is 94.5 Å². The average molecular weight is 1590 g/mol. The van der Waals surface area contributed by atoms with Crippen molar-refractivity contribution >= 4 is 111 Å². The first-order valence-corrected chi connectivity index (χ1v) is 39.7. The van der Waals surface area contributed by atoms with Gasteiger partial charge in [0.15, 0.2) is 0 Å². The Hall–Kier alpha value is -10.3. The van der Waals surface area contributed by atoms with E-state index in [1.807, 2.05) is 18.2 Å². The molecule has 2 fully saturated rings. The number of nitrogens with one attached hydrogen (secondary N) is 12. The van der Waals surface area contributed by atoms with Gasteiger partial charge in [0, 0.05) is 73.5 Å². The molecule has 3 aromatic carbocycles. The lowest BCUT2D eigenvalue weighted by atomic mass is 9.85. The summed E-state index contributed by atoms with van der Waals surface area (Å²) in [6.45, 7) is 14.7. The van der Waals surface area contributed by atoms with Crippen LogP contribution in [0.5, 0.6) is 11.5 Å². The Kier molecular flexibility index (Phi) is 30.2. The minimum Gasteiger partial charge on any atom is -0.508 e. The van der Waals surface area contributed by atoms with Gasteiger partial charge in [0.25, 0.3) is 0 Å². The molecule has 0 radical (unpaired) electrons. The number of aliphatic hydroxyl groups excluding tert-OH is 2. The molecule has 18 N–H and O–H groups in total. The van der Waals surface area contributed by atoms with Gasteiger partial charge in [-0.3, -0.25) is 62.3 Å². The Morgan fingerprint density at radius 2 is 1.18 bits per heavy atom. The van der Waals surface area contributed by atoms with Crippen molar-refractivity contribution in [2.75, 3.05) is 18.1 Å². The van der Waals surface area contributed by atoms with Crippen LogP contribution in [-0.4, -0.2) is 214 Å². The first-order valence-electron chi connectivity index (χ1n) is 37.4. The van der Waals surface area contributed by atoms with E-state index in [-0.39, 0.29) is 74.5 Å². The van der Waals surface area contributed by atoms with Crippen LogP contribution in [0.1, 0.15) is 136 Å². The van der Waals surface area contributed by atoms with Crippen molar-refractivity contribution in [1.29, 1.82) is 0 Å². The molecule has 2 aromatic heterocycles. The molecule has 0 unspecified atom stereocenters. The third-order valence-corrected chi connectivity index (χ3v) is 22.6. The number of amides is 13. The number of carbonyl (C=O) groups excluding carboxylic acids is 13. The number of primary amides is 1. The second-order valence-electron chi connectivity index (χ2n) is 30.6. The Morgan fingerprint density at radius 3 is 1.76 bits per heavy atom. The van der Waals surface area contributed by atoms with Crippen molar-refractivity contribution in [2.24, 2.45) is 17.1 Å². The summed E-state index contributed by atoms with van der Waals surface area (Å²) in [5.74, 6) is -11.5. The standard InChI is InChI=1S/C78H105N15O17S2/c1-41(2)77(10)74(109)89-61(44(5)95)71(106)87-57(63(79)99)39-111-37-48-16-13-17-49(32-48)38-112-40-58(83-45(6)96)66(101)90-62(76(7,8)9)72(107)86-56(34-47-22-26-52(98)27-23-47)73(108)93-31-15-19-59(93)69(104)88-60(43(4)94)70(105)85-55(35-50-36-81-64-53(50)18-14-30-80-64)68(103)92-78(28-11-12-29-78)75(110)82-42(3)65(100)84-54(67(102)91-77)33-46-20-24-51(97)25-21-46/h13-14,16-18,20-27,30,32,36,41-44,54-62,94-95,97-98H,11-12,15,19,28-29,31,33-35,37-40H2,1-10H3,(H2,79,99)(H,80,81)(H,82,110)(H,83,96)(H,84,100)(H,85,105)(H,86,107)(H,87,106)(H,88,104)(H,89,109)(H,90,101)(H,91,102)(H,92,103)/t42-,43+,44+,54-,55-,56-,57+,58-,59-,60-,61-,62+,77-/m0/s1. The molecule has 1 saturated heterocycles. The van der Waals surface area contributed by atoms with Crippen LogP contribution in [0.25, 0.3) is 11.0 Å². The van der Waals surface area contributed by atoms with E-state index in [2.05, 4.69) is 68.5 Å². The van der Waals surface area contributed by atoms with Gasteiger partial charge in [-0.2, -0.15) is 23.5 Å². The van der Waals surface area contributed by atoms with E-state index in [1.54, 1.807) is 77.3 Å². The number of nitrogens with two attached hydrogens (primary N) is 1. The molecule has 2 aliphatic heterocycles. The highest BCUT2D eigenvalue weighted by molar-refractivity contribution is 7.98. The predicted octanol–water partition coefficient (Wildman–Crippen LogP) is 0.829. The van der Waals surface area contributed by atoms with Crippen molar-refractivity contribution in [3.05, 3.63) is 125 Å². The number of aromatic amines is 1. The summed E-state index contributed by atoms with van der Waals surface area (Å²) < 4.78 is 0. The number of fused-ring (bicyclic) bond motifs is 4. The Bertz CT molecular complexity index is 4240. The highest BCUT2D eigenvalue weighted by Gasteiger charge is 2.48. The van der Waals surface area contributed by atoms with Crippen LogP contribution in [0.2, 0.25) is 0 Å². The summed E-state index contributed by atoms with van der Waals surface area (Å²) in [6, 6.07) is 7.68. The van der Waals surface area contributed by atoms with Crippen LogP contribution in [0.15, 0.2) is 97.3 Å². The second-order valence-corrected chi connectivity index (χ2v) is 32.7. The molecular formula is C78H105N15O17S2. The van der Waals surface area contributed by atoms with Crippen molar-refractivity contribution in [2.45, 2.75) is 222 Å². The Morgan fingerprint density at radius 1 is 0.625 bits per heavy atom. The molecule has 1 saturated carbocycles. The number of aromatic nitrogens is 2. The summed E-state index contributed by atoms with van der Waals surface area (Å²) in [5.41, 5.74) is 4.57. The smallest absolute Gasteiger partial charge is 0.246 e. The molecule has 13 amide bonds. The molecule has 606 valence electrons. The van der Waals surface area contributed by atoms with Gasteiger partial charge >= 0.3 is 0 Å². The van der Waals surface area contributed by atoms with E-state index < -0.39 is 172 Å². The quantitative estimate of drug-likeness (QED) is 0.0871. The van der Waals surface area contributed by atoms with Crippen LogP contribution < -0.4 is 64.2 Å². The number of carbonyl (C=O) groups is 13. The lowest BCUT2D eigenvalue weighted by molar-refractivity contribution is -0.143. The van der Waals surface area contributed by atoms with Crippen LogP contribution >= 0.6 is 23.5 Å². The van der Waals surface area contributed by atoms with E-state index in [1.165, 1.54) is 99.4 Å². The van der Waals surface area contributed by atoms with Gasteiger partial charge in [-0.05, 0) is 129 Å². The van der Waals surface area contributed by atoms with Crippen LogP contribution in [0.4, 0.5) is 0 Å². The lowest BCUT2D eigenvalue weighted by Gasteiger charge is -2.36. The van der Waals surface area contributed by atoms with Crippen molar-refractivity contribution in [1.82, 2.24) is 73.4 Å². The summed E-state index contributed by atoms with van der Waals surface area (Å²) in [4.78, 5) is 197. The number of aromatic hydroxyl groups is 2. The third kappa shape index (κ3) is 23.2. The zero-order valence-corrected chi connectivity index (χ0v) is 66.2. The van der Waals surface area contributed by atoms with Crippen molar-refractivity contribution in [3.63, 3.8) is 0 Å². The first-order chi connectivity index (χ1) is 52.9. The number of nitrogens with zero attached hydrogens (tertiary/aromatic N) is 2. The molecule has 1 aliphatic carbocycles. The van der Waals surface area contributed by atoms with Crippen molar-refractivity contribution < 1.29 is 82.8 Å². The number of phenolic OH excluding ortho intramolecular Hbond substituents is 2. The van der Waals surface area contributed by atoms with E-state index in [0.29, 0.717) is 52.1 Å². The zero-order valence-electron chi connectivity index (χ0n) is 64.5. The number of phenols is 2. The van der Waals surface area contributed by atoms with Gasteiger partial charge in [-0.1, -0.05) is 96.0 Å². The van der Waals surface area contributed by atoms with Crippen LogP contribution in [-0.2, 0) is 93.1 Å². The number of thioether (sulfide) groups is 2. The molecule has 4 heterocycles. The average Bonchev–Trinajstić information content (AvgIpc) is 1.46.